The maximum absolute atomic E-state index is 13.8. The lowest BCUT2D eigenvalue weighted by Crippen LogP contribution is -2.30. The van der Waals surface area contributed by atoms with Gasteiger partial charge in [-0.1, -0.05) is 48.3 Å². The second kappa shape index (κ2) is 6.50. The summed E-state index contributed by atoms with van der Waals surface area (Å²) in [5, 5.41) is 0.664. The molecule has 0 spiro atoms. The lowest BCUT2D eigenvalue weighted by atomic mass is 9.80. The van der Waals surface area contributed by atoms with Gasteiger partial charge in [0.1, 0.15) is 11.9 Å². The van der Waals surface area contributed by atoms with Crippen molar-refractivity contribution in [3.63, 3.8) is 0 Å². The average Bonchev–Trinajstić information content (AvgIpc) is 2.52. The van der Waals surface area contributed by atoms with Crippen LogP contribution in [-0.4, -0.2) is 5.97 Å². The van der Waals surface area contributed by atoms with E-state index in [0.717, 1.165) is 5.56 Å². The third-order valence-electron chi connectivity index (χ3n) is 4.17. The van der Waals surface area contributed by atoms with Gasteiger partial charge >= 0.3 is 5.97 Å². The molecule has 3 rings (SSSR count). The van der Waals surface area contributed by atoms with Gasteiger partial charge in [-0.05, 0) is 41.8 Å². The molecule has 120 valence electrons. The Balaban J connectivity index is 2.02. The SMILES string of the molecule is CC1CC(c2cccc(Cl)c2)C(c2ccc(Cl)c(F)c2)OC1=O. The van der Waals surface area contributed by atoms with E-state index in [0.29, 0.717) is 17.0 Å². The van der Waals surface area contributed by atoms with Crippen molar-refractivity contribution in [1.82, 2.24) is 0 Å². The maximum Gasteiger partial charge on any atom is 0.309 e. The predicted octanol–water partition coefficient (Wildman–Crippen LogP) is 5.54. The molecule has 0 saturated carbocycles. The van der Waals surface area contributed by atoms with Crippen molar-refractivity contribution in [2.75, 3.05) is 0 Å². The van der Waals surface area contributed by atoms with Crippen molar-refractivity contribution < 1.29 is 13.9 Å². The number of rotatable bonds is 2. The Morgan fingerprint density at radius 2 is 1.91 bits per heavy atom. The van der Waals surface area contributed by atoms with Crippen LogP contribution in [0.15, 0.2) is 42.5 Å². The Morgan fingerprint density at radius 1 is 1.13 bits per heavy atom. The van der Waals surface area contributed by atoms with E-state index in [4.69, 9.17) is 27.9 Å². The Bertz CT molecular complexity index is 748. The van der Waals surface area contributed by atoms with Crippen LogP contribution in [0.25, 0.3) is 0 Å². The van der Waals surface area contributed by atoms with E-state index < -0.39 is 11.9 Å². The fourth-order valence-electron chi connectivity index (χ4n) is 2.96. The van der Waals surface area contributed by atoms with Gasteiger partial charge in [-0.25, -0.2) is 4.39 Å². The van der Waals surface area contributed by atoms with Crippen LogP contribution in [0.2, 0.25) is 10.0 Å². The Morgan fingerprint density at radius 3 is 2.61 bits per heavy atom. The first kappa shape index (κ1) is 16.3. The van der Waals surface area contributed by atoms with Crippen molar-refractivity contribution in [1.29, 1.82) is 0 Å². The second-order valence-electron chi connectivity index (χ2n) is 5.83. The van der Waals surface area contributed by atoms with Gasteiger partial charge < -0.3 is 4.74 Å². The predicted molar refractivity (Wildman–Crippen MR) is 88.2 cm³/mol. The number of ether oxygens (including phenoxy) is 1. The molecule has 0 radical (unpaired) electrons. The standard InChI is InChI=1S/C18H15Cl2FO2/c1-10-7-14(11-3-2-4-13(19)8-11)17(23-18(10)22)12-5-6-15(20)16(21)9-12/h2-6,8-10,14,17H,7H2,1H3. The summed E-state index contributed by atoms with van der Waals surface area (Å²) in [5.41, 5.74) is 1.56. The van der Waals surface area contributed by atoms with E-state index in [2.05, 4.69) is 0 Å². The summed E-state index contributed by atoms with van der Waals surface area (Å²) in [4.78, 5) is 12.0. The fraction of sp³-hybridized carbons (Fsp3) is 0.278. The quantitative estimate of drug-likeness (QED) is 0.663. The van der Waals surface area contributed by atoms with Crippen LogP contribution < -0.4 is 0 Å². The van der Waals surface area contributed by atoms with E-state index in [1.807, 2.05) is 25.1 Å². The van der Waals surface area contributed by atoms with Gasteiger partial charge in [-0.3, -0.25) is 4.79 Å². The van der Waals surface area contributed by atoms with Crippen LogP contribution in [-0.2, 0) is 9.53 Å². The van der Waals surface area contributed by atoms with E-state index in [-0.39, 0.29) is 22.8 Å². The maximum atomic E-state index is 13.8. The minimum Gasteiger partial charge on any atom is -0.457 e. The highest BCUT2D eigenvalue weighted by Gasteiger charge is 2.37. The molecule has 0 bridgehead atoms. The lowest BCUT2D eigenvalue weighted by Gasteiger charge is -2.35. The monoisotopic (exact) mass is 352 g/mol. The van der Waals surface area contributed by atoms with Crippen LogP contribution in [0.5, 0.6) is 0 Å². The van der Waals surface area contributed by atoms with Crippen LogP contribution in [0, 0.1) is 11.7 Å². The third-order valence-corrected chi connectivity index (χ3v) is 4.71. The highest BCUT2D eigenvalue weighted by molar-refractivity contribution is 6.31. The van der Waals surface area contributed by atoms with Crippen molar-refractivity contribution in [2.24, 2.45) is 5.92 Å². The van der Waals surface area contributed by atoms with Crippen molar-refractivity contribution in [3.8, 4) is 0 Å². The normalized spacial score (nSPS) is 24.3. The first-order chi connectivity index (χ1) is 11.0. The van der Waals surface area contributed by atoms with Crippen LogP contribution in [0.3, 0.4) is 0 Å². The molecule has 1 fully saturated rings. The molecule has 2 aromatic carbocycles. The molecule has 1 aliphatic rings. The minimum atomic E-state index is -0.552. The lowest BCUT2D eigenvalue weighted by molar-refractivity contribution is -0.162. The van der Waals surface area contributed by atoms with Crippen molar-refractivity contribution in [2.45, 2.75) is 25.4 Å². The number of carbonyl (C=O) groups excluding carboxylic acids is 1. The van der Waals surface area contributed by atoms with E-state index in [1.54, 1.807) is 12.1 Å². The Labute approximate surface area is 144 Å². The first-order valence-electron chi connectivity index (χ1n) is 7.36. The third kappa shape index (κ3) is 3.36. The summed E-state index contributed by atoms with van der Waals surface area (Å²) in [6.45, 7) is 1.83. The average molecular weight is 353 g/mol. The fourth-order valence-corrected chi connectivity index (χ4v) is 3.28. The summed E-state index contributed by atoms with van der Waals surface area (Å²) in [6, 6.07) is 12.0. The number of esters is 1. The number of carbonyl (C=O) groups is 1. The molecule has 1 aliphatic heterocycles. The number of cyclic esters (lactones) is 1. The first-order valence-corrected chi connectivity index (χ1v) is 8.12. The Kier molecular flexibility index (Phi) is 4.60. The number of benzene rings is 2. The van der Waals surface area contributed by atoms with Gasteiger partial charge in [-0.15, -0.1) is 0 Å². The zero-order chi connectivity index (χ0) is 16.6. The van der Waals surface area contributed by atoms with Crippen LogP contribution in [0.1, 0.15) is 36.5 Å². The van der Waals surface area contributed by atoms with E-state index >= 15 is 0 Å². The van der Waals surface area contributed by atoms with Gasteiger partial charge in [0.2, 0.25) is 0 Å². The van der Waals surface area contributed by atoms with Gasteiger partial charge in [-0.2, -0.15) is 0 Å². The molecule has 0 aliphatic carbocycles. The van der Waals surface area contributed by atoms with E-state index in [9.17, 15) is 9.18 Å². The summed E-state index contributed by atoms with van der Waals surface area (Å²) in [5.74, 6) is -1.10. The number of hydrogen-bond donors (Lipinski definition) is 0. The molecule has 5 heteroatoms. The highest BCUT2D eigenvalue weighted by atomic mass is 35.5. The second-order valence-corrected chi connectivity index (χ2v) is 6.67. The minimum absolute atomic E-state index is 0.0450. The number of halogens is 3. The van der Waals surface area contributed by atoms with Gasteiger partial charge in [0.15, 0.2) is 0 Å². The molecular weight excluding hydrogens is 338 g/mol. The zero-order valence-corrected chi connectivity index (χ0v) is 13.9. The molecule has 23 heavy (non-hydrogen) atoms. The zero-order valence-electron chi connectivity index (χ0n) is 12.4. The largest absolute Gasteiger partial charge is 0.457 e. The molecule has 2 nitrogen and oxygen atoms in total. The van der Waals surface area contributed by atoms with Crippen LogP contribution >= 0.6 is 23.2 Å². The molecule has 3 atom stereocenters. The Hall–Kier alpha value is -1.58. The number of hydrogen-bond acceptors (Lipinski definition) is 2. The summed E-state index contributed by atoms with van der Waals surface area (Å²) >= 11 is 11.8. The van der Waals surface area contributed by atoms with Gasteiger partial charge in [0, 0.05) is 10.9 Å². The van der Waals surface area contributed by atoms with Crippen molar-refractivity contribution >= 4 is 29.2 Å². The highest BCUT2D eigenvalue weighted by Crippen LogP contribution is 2.43. The molecule has 2 aromatic rings. The van der Waals surface area contributed by atoms with Crippen LogP contribution in [0.4, 0.5) is 4.39 Å². The topological polar surface area (TPSA) is 26.3 Å². The molecule has 0 N–H and O–H groups in total. The van der Waals surface area contributed by atoms with Gasteiger partial charge in [0.25, 0.3) is 0 Å². The molecule has 0 amide bonds. The molecule has 0 aromatic heterocycles. The molecule has 3 unspecified atom stereocenters. The summed E-state index contributed by atoms with van der Waals surface area (Å²) < 4.78 is 19.4. The summed E-state index contributed by atoms with van der Waals surface area (Å²) in [6.07, 6.45) is 0.0672. The summed E-state index contributed by atoms with van der Waals surface area (Å²) in [7, 11) is 0. The smallest absolute Gasteiger partial charge is 0.309 e. The van der Waals surface area contributed by atoms with E-state index in [1.165, 1.54) is 12.1 Å². The molecule has 1 saturated heterocycles. The van der Waals surface area contributed by atoms with Crippen molar-refractivity contribution in [3.05, 3.63) is 69.5 Å². The molecular formula is C18H15Cl2FO2. The van der Waals surface area contributed by atoms with Gasteiger partial charge in [0.05, 0.1) is 10.9 Å². The molecule has 1 heterocycles.